The van der Waals surface area contributed by atoms with E-state index in [1.807, 2.05) is 6.92 Å². The van der Waals surface area contributed by atoms with Gasteiger partial charge in [-0.15, -0.1) is 0 Å². The number of nitrogen functional groups attached to an aromatic ring is 1. The van der Waals surface area contributed by atoms with E-state index < -0.39 is 0 Å². The molecule has 1 aromatic heterocycles. The van der Waals surface area contributed by atoms with Gasteiger partial charge in [0.15, 0.2) is 0 Å². The first kappa shape index (κ1) is 11.3. The minimum atomic E-state index is 0.157. The molecule has 0 bridgehead atoms. The van der Waals surface area contributed by atoms with E-state index in [0.717, 1.165) is 4.47 Å². The molecule has 0 spiro atoms. The van der Waals surface area contributed by atoms with Gasteiger partial charge >= 0.3 is 0 Å². The van der Waals surface area contributed by atoms with Crippen molar-refractivity contribution >= 4 is 27.4 Å². The summed E-state index contributed by atoms with van der Waals surface area (Å²) in [7, 11) is 0. The van der Waals surface area contributed by atoms with Crippen LogP contribution in [0.25, 0.3) is 0 Å². The molecule has 1 unspecified atom stereocenters. The van der Waals surface area contributed by atoms with Gasteiger partial charge in [0.05, 0.1) is 5.69 Å². The van der Waals surface area contributed by atoms with E-state index in [1.54, 1.807) is 12.3 Å². The Morgan fingerprint density at radius 3 is 3.00 bits per heavy atom. The van der Waals surface area contributed by atoms with Crippen molar-refractivity contribution in [2.24, 2.45) is 0 Å². The van der Waals surface area contributed by atoms with Crippen molar-refractivity contribution in [1.29, 1.82) is 0 Å². The highest BCUT2D eigenvalue weighted by molar-refractivity contribution is 9.10. The maximum absolute atomic E-state index is 8.73. The second-order valence-electron chi connectivity index (χ2n) is 3.15. The topological polar surface area (TPSA) is 71.2 Å². The van der Waals surface area contributed by atoms with Crippen LogP contribution in [0.5, 0.6) is 0 Å². The number of halogens is 1. The van der Waals surface area contributed by atoms with Crippen LogP contribution in [-0.4, -0.2) is 22.7 Å². The number of aromatic nitrogens is 1. The Bertz CT molecular complexity index is 306. The van der Waals surface area contributed by atoms with Crippen LogP contribution < -0.4 is 11.1 Å². The van der Waals surface area contributed by atoms with Crippen molar-refractivity contribution in [2.75, 3.05) is 17.7 Å². The molecule has 0 saturated carbocycles. The molecule has 0 aliphatic rings. The first-order valence-electron chi connectivity index (χ1n) is 4.42. The molecule has 5 heteroatoms. The van der Waals surface area contributed by atoms with Gasteiger partial charge in [-0.1, -0.05) is 0 Å². The average Bonchev–Trinajstić information content (AvgIpc) is 2.10. The Kier molecular flexibility index (Phi) is 4.16. The van der Waals surface area contributed by atoms with Crippen LogP contribution in [0.3, 0.4) is 0 Å². The lowest BCUT2D eigenvalue weighted by atomic mass is 10.2. The second kappa shape index (κ2) is 5.17. The van der Waals surface area contributed by atoms with Gasteiger partial charge in [0.25, 0.3) is 0 Å². The van der Waals surface area contributed by atoms with Gasteiger partial charge in [-0.3, -0.25) is 0 Å². The van der Waals surface area contributed by atoms with E-state index >= 15 is 0 Å². The third-order valence-corrected chi connectivity index (χ3v) is 2.26. The summed E-state index contributed by atoms with van der Waals surface area (Å²) >= 11 is 3.28. The molecule has 0 fully saturated rings. The lowest BCUT2D eigenvalue weighted by molar-refractivity contribution is 0.282. The molecule has 0 aliphatic heterocycles. The molecule has 0 saturated heterocycles. The lowest BCUT2D eigenvalue weighted by Gasteiger charge is -2.14. The van der Waals surface area contributed by atoms with Crippen LogP contribution in [0.1, 0.15) is 13.3 Å². The normalized spacial score (nSPS) is 12.5. The van der Waals surface area contributed by atoms with E-state index in [1.165, 1.54) is 0 Å². The molecular formula is C9H14BrN3O. The number of pyridine rings is 1. The zero-order valence-electron chi connectivity index (χ0n) is 8.00. The fourth-order valence-electron chi connectivity index (χ4n) is 1.07. The standard InChI is InChI=1S/C9H14BrN3O/c1-6(2-3-14)13-9-8(11)4-7(10)5-12-9/h4-6,14H,2-3,11H2,1H3,(H,12,13). The lowest BCUT2D eigenvalue weighted by Crippen LogP contribution is -2.18. The van der Waals surface area contributed by atoms with Crippen LogP contribution in [0, 0.1) is 0 Å². The van der Waals surface area contributed by atoms with Gasteiger partial charge in [-0.2, -0.15) is 0 Å². The van der Waals surface area contributed by atoms with Crippen LogP contribution in [0.2, 0.25) is 0 Å². The average molecular weight is 260 g/mol. The third-order valence-electron chi connectivity index (χ3n) is 1.83. The van der Waals surface area contributed by atoms with Crippen molar-refractivity contribution in [1.82, 2.24) is 4.98 Å². The van der Waals surface area contributed by atoms with Gasteiger partial charge in [-0.05, 0) is 35.3 Å². The Morgan fingerprint density at radius 1 is 1.71 bits per heavy atom. The molecule has 0 aliphatic carbocycles. The van der Waals surface area contributed by atoms with Crippen molar-refractivity contribution < 1.29 is 5.11 Å². The first-order chi connectivity index (χ1) is 6.63. The van der Waals surface area contributed by atoms with Crippen molar-refractivity contribution in [3.63, 3.8) is 0 Å². The molecule has 1 heterocycles. The second-order valence-corrected chi connectivity index (χ2v) is 4.06. The maximum atomic E-state index is 8.73. The zero-order valence-corrected chi connectivity index (χ0v) is 9.58. The molecule has 0 amide bonds. The van der Waals surface area contributed by atoms with Crippen LogP contribution in [0.4, 0.5) is 11.5 Å². The molecule has 1 rings (SSSR count). The summed E-state index contributed by atoms with van der Waals surface area (Å²) in [5, 5.41) is 11.9. The molecule has 78 valence electrons. The SMILES string of the molecule is CC(CCO)Nc1ncc(Br)cc1N. The summed E-state index contributed by atoms with van der Waals surface area (Å²) in [6.45, 7) is 2.13. The Labute approximate surface area is 91.7 Å². The molecular weight excluding hydrogens is 246 g/mol. The van der Waals surface area contributed by atoms with Gasteiger partial charge in [-0.25, -0.2) is 4.98 Å². The molecule has 4 nitrogen and oxygen atoms in total. The Hall–Kier alpha value is -0.810. The summed E-state index contributed by atoms with van der Waals surface area (Å²) in [5.41, 5.74) is 6.35. The van der Waals surface area contributed by atoms with E-state index in [4.69, 9.17) is 10.8 Å². The first-order valence-corrected chi connectivity index (χ1v) is 5.21. The molecule has 0 radical (unpaired) electrons. The Balaban J connectivity index is 2.67. The Morgan fingerprint density at radius 2 is 2.43 bits per heavy atom. The van der Waals surface area contributed by atoms with Gasteiger partial charge in [0.2, 0.25) is 0 Å². The molecule has 14 heavy (non-hydrogen) atoms. The fourth-order valence-corrected chi connectivity index (χ4v) is 1.42. The van der Waals surface area contributed by atoms with E-state index in [2.05, 4.69) is 26.2 Å². The number of anilines is 2. The highest BCUT2D eigenvalue weighted by Crippen LogP contribution is 2.20. The predicted molar refractivity (Wildman–Crippen MR) is 61.1 cm³/mol. The van der Waals surface area contributed by atoms with Crippen molar-refractivity contribution in [3.8, 4) is 0 Å². The van der Waals surface area contributed by atoms with E-state index in [-0.39, 0.29) is 12.6 Å². The van der Waals surface area contributed by atoms with Crippen LogP contribution >= 0.6 is 15.9 Å². The summed E-state index contributed by atoms with van der Waals surface area (Å²) in [6.07, 6.45) is 2.36. The van der Waals surface area contributed by atoms with Crippen LogP contribution in [-0.2, 0) is 0 Å². The molecule has 4 N–H and O–H groups in total. The summed E-state index contributed by atoms with van der Waals surface area (Å²) in [5.74, 6) is 0.661. The highest BCUT2D eigenvalue weighted by Gasteiger charge is 2.05. The van der Waals surface area contributed by atoms with Crippen molar-refractivity contribution in [3.05, 3.63) is 16.7 Å². The number of hydrogen-bond acceptors (Lipinski definition) is 4. The van der Waals surface area contributed by atoms with Gasteiger partial charge in [0.1, 0.15) is 5.82 Å². The van der Waals surface area contributed by atoms with Crippen molar-refractivity contribution in [2.45, 2.75) is 19.4 Å². The quantitative estimate of drug-likeness (QED) is 0.769. The molecule has 1 atom stereocenters. The third kappa shape index (κ3) is 3.16. The minimum absolute atomic E-state index is 0.157. The monoisotopic (exact) mass is 259 g/mol. The number of aliphatic hydroxyl groups is 1. The van der Waals surface area contributed by atoms with Gasteiger partial charge in [0, 0.05) is 23.3 Å². The largest absolute Gasteiger partial charge is 0.396 e. The summed E-state index contributed by atoms with van der Waals surface area (Å²) < 4.78 is 0.857. The summed E-state index contributed by atoms with van der Waals surface area (Å²) in [4.78, 5) is 4.14. The number of nitrogens with one attached hydrogen (secondary N) is 1. The minimum Gasteiger partial charge on any atom is -0.396 e. The number of nitrogens with two attached hydrogens (primary N) is 1. The number of hydrogen-bond donors (Lipinski definition) is 3. The van der Waals surface area contributed by atoms with E-state index in [9.17, 15) is 0 Å². The number of rotatable bonds is 4. The summed E-state index contributed by atoms with van der Waals surface area (Å²) in [6, 6.07) is 1.96. The number of aliphatic hydroxyl groups excluding tert-OH is 1. The fraction of sp³-hybridized carbons (Fsp3) is 0.444. The maximum Gasteiger partial charge on any atom is 0.149 e. The highest BCUT2D eigenvalue weighted by atomic mass is 79.9. The molecule has 1 aromatic rings. The molecule has 0 aromatic carbocycles. The van der Waals surface area contributed by atoms with Crippen LogP contribution in [0.15, 0.2) is 16.7 Å². The smallest absolute Gasteiger partial charge is 0.149 e. The number of nitrogens with zero attached hydrogens (tertiary/aromatic N) is 1. The van der Waals surface area contributed by atoms with E-state index in [0.29, 0.717) is 17.9 Å². The predicted octanol–water partition coefficient (Wildman–Crippen LogP) is 1.61. The zero-order chi connectivity index (χ0) is 10.6. The van der Waals surface area contributed by atoms with Gasteiger partial charge < -0.3 is 16.2 Å².